The molecule has 0 saturated carbocycles. The largest absolute Gasteiger partial charge is 0.435 e. The molecule has 1 aromatic carbocycles. The summed E-state index contributed by atoms with van der Waals surface area (Å²) in [4.78, 5) is 8.40. The van der Waals surface area contributed by atoms with E-state index < -0.39 is 5.82 Å². The van der Waals surface area contributed by atoms with E-state index in [4.69, 9.17) is 4.74 Å². The van der Waals surface area contributed by atoms with Gasteiger partial charge in [0.2, 0.25) is 11.8 Å². The van der Waals surface area contributed by atoms with Crippen LogP contribution in [0.4, 0.5) is 10.3 Å². The van der Waals surface area contributed by atoms with Gasteiger partial charge in [-0.05, 0) is 31.5 Å². The predicted octanol–water partition coefficient (Wildman–Crippen LogP) is 4.30. The first-order valence-electron chi connectivity index (χ1n) is 6.30. The molecule has 106 valence electrons. The molecule has 2 rings (SSSR count). The normalized spacial score (nSPS) is 10.4. The first-order valence-corrected chi connectivity index (χ1v) is 7.10. The summed E-state index contributed by atoms with van der Waals surface area (Å²) < 4.78 is 19.9. The summed E-state index contributed by atoms with van der Waals surface area (Å²) in [5, 5.41) is 3.07. The molecule has 1 heterocycles. The summed E-state index contributed by atoms with van der Waals surface area (Å²) in [7, 11) is 0. The van der Waals surface area contributed by atoms with E-state index >= 15 is 0 Å². The molecule has 0 aliphatic rings. The van der Waals surface area contributed by atoms with E-state index in [9.17, 15) is 4.39 Å². The maximum absolute atomic E-state index is 13.8. The number of ether oxygens (including phenoxy) is 1. The van der Waals surface area contributed by atoms with Crippen LogP contribution in [0.1, 0.15) is 18.9 Å². The molecule has 0 atom stereocenters. The molecule has 0 saturated heterocycles. The molecule has 0 fully saturated rings. The molecule has 0 bridgehead atoms. The summed E-state index contributed by atoms with van der Waals surface area (Å²) in [6.07, 6.45) is 2.62. The van der Waals surface area contributed by atoms with Crippen LogP contribution in [0.3, 0.4) is 0 Å². The molecular weight excluding hydrogens is 325 g/mol. The van der Waals surface area contributed by atoms with Gasteiger partial charge in [0.05, 0.1) is 0 Å². The number of aryl methyl sites for hydroxylation is 1. The minimum absolute atomic E-state index is 0.136. The van der Waals surface area contributed by atoms with Crippen LogP contribution in [0.2, 0.25) is 0 Å². The number of hydrogen-bond acceptors (Lipinski definition) is 4. The van der Waals surface area contributed by atoms with E-state index in [1.54, 1.807) is 18.3 Å². The number of benzene rings is 1. The van der Waals surface area contributed by atoms with Crippen LogP contribution < -0.4 is 10.1 Å². The summed E-state index contributed by atoms with van der Waals surface area (Å²) in [6.45, 7) is 4.64. The fourth-order valence-electron chi connectivity index (χ4n) is 1.51. The Labute approximate surface area is 125 Å². The van der Waals surface area contributed by atoms with E-state index in [-0.39, 0.29) is 5.75 Å². The zero-order valence-corrected chi connectivity index (χ0v) is 12.9. The fraction of sp³-hybridized carbons (Fsp3) is 0.286. The Morgan fingerprint density at radius 3 is 2.90 bits per heavy atom. The molecule has 2 aromatic rings. The van der Waals surface area contributed by atoms with Gasteiger partial charge in [0.1, 0.15) is 0 Å². The predicted molar refractivity (Wildman–Crippen MR) is 79.7 cm³/mol. The lowest BCUT2D eigenvalue weighted by molar-refractivity contribution is 0.423. The summed E-state index contributed by atoms with van der Waals surface area (Å²) in [5.41, 5.74) is 0.745. The lowest BCUT2D eigenvalue weighted by Crippen LogP contribution is -2.05. The molecule has 20 heavy (non-hydrogen) atoms. The highest BCUT2D eigenvalue weighted by Gasteiger charge is 2.10. The van der Waals surface area contributed by atoms with Crippen molar-refractivity contribution in [2.24, 2.45) is 0 Å². The molecule has 0 spiro atoms. The molecule has 0 radical (unpaired) electrons. The molecule has 4 nitrogen and oxygen atoms in total. The van der Waals surface area contributed by atoms with Crippen molar-refractivity contribution in [1.29, 1.82) is 0 Å². The van der Waals surface area contributed by atoms with Crippen molar-refractivity contribution >= 4 is 21.9 Å². The molecule has 1 aromatic heterocycles. The van der Waals surface area contributed by atoms with Crippen LogP contribution in [-0.2, 0) is 0 Å². The SMILES string of the molecule is CCCNc1ncc(C)c(Oc2ccc(Br)cc2F)n1. The first-order chi connectivity index (χ1) is 9.60. The number of aromatic nitrogens is 2. The Kier molecular flexibility index (Phi) is 4.89. The topological polar surface area (TPSA) is 47.0 Å². The Balaban J connectivity index is 2.23. The minimum Gasteiger partial charge on any atom is -0.435 e. The van der Waals surface area contributed by atoms with Gasteiger partial charge < -0.3 is 10.1 Å². The lowest BCUT2D eigenvalue weighted by atomic mass is 10.3. The summed E-state index contributed by atoms with van der Waals surface area (Å²) in [6, 6.07) is 4.62. The second-order valence-electron chi connectivity index (χ2n) is 4.29. The van der Waals surface area contributed by atoms with Crippen LogP contribution in [0.25, 0.3) is 0 Å². The average Bonchev–Trinajstić information content (AvgIpc) is 2.42. The number of rotatable bonds is 5. The van der Waals surface area contributed by atoms with Gasteiger partial charge in [-0.1, -0.05) is 22.9 Å². The fourth-order valence-corrected chi connectivity index (χ4v) is 1.85. The van der Waals surface area contributed by atoms with Crippen LogP contribution in [0, 0.1) is 12.7 Å². The maximum Gasteiger partial charge on any atom is 0.227 e. The Bertz CT molecular complexity index is 607. The van der Waals surface area contributed by atoms with Crippen LogP contribution in [0.5, 0.6) is 11.6 Å². The quantitative estimate of drug-likeness (QED) is 0.882. The number of anilines is 1. The van der Waals surface area contributed by atoms with E-state index in [1.807, 2.05) is 6.92 Å². The van der Waals surface area contributed by atoms with Gasteiger partial charge in [-0.15, -0.1) is 0 Å². The van der Waals surface area contributed by atoms with E-state index in [0.717, 1.165) is 18.5 Å². The third kappa shape index (κ3) is 3.66. The van der Waals surface area contributed by atoms with E-state index in [2.05, 4.69) is 38.1 Å². The smallest absolute Gasteiger partial charge is 0.227 e. The first kappa shape index (κ1) is 14.7. The third-order valence-corrected chi connectivity index (χ3v) is 3.05. The zero-order chi connectivity index (χ0) is 14.5. The highest BCUT2D eigenvalue weighted by atomic mass is 79.9. The average molecular weight is 340 g/mol. The van der Waals surface area contributed by atoms with Crippen molar-refractivity contribution in [2.45, 2.75) is 20.3 Å². The Morgan fingerprint density at radius 2 is 2.20 bits per heavy atom. The van der Waals surface area contributed by atoms with Gasteiger partial charge in [0.25, 0.3) is 0 Å². The second kappa shape index (κ2) is 6.65. The van der Waals surface area contributed by atoms with Gasteiger partial charge >= 0.3 is 0 Å². The standard InChI is InChI=1S/C14H15BrFN3O/c1-3-6-17-14-18-8-9(2)13(19-14)20-12-5-4-10(15)7-11(12)16/h4-5,7-8H,3,6H2,1-2H3,(H,17,18,19). The molecule has 0 aliphatic carbocycles. The highest BCUT2D eigenvalue weighted by Crippen LogP contribution is 2.27. The van der Waals surface area contributed by atoms with Crippen LogP contribution in [0.15, 0.2) is 28.9 Å². The van der Waals surface area contributed by atoms with Gasteiger partial charge in [-0.3, -0.25) is 0 Å². The zero-order valence-electron chi connectivity index (χ0n) is 11.3. The minimum atomic E-state index is -0.444. The third-order valence-electron chi connectivity index (χ3n) is 2.56. The molecular formula is C14H15BrFN3O. The van der Waals surface area contributed by atoms with Crippen molar-refractivity contribution in [2.75, 3.05) is 11.9 Å². The Morgan fingerprint density at radius 1 is 1.40 bits per heavy atom. The maximum atomic E-state index is 13.8. The van der Waals surface area contributed by atoms with Crippen molar-refractivity contribution in [3.63, 3.8) is 0 Å². The number of hydrogen-bond donors (Lipinski definition) is 1. The van der Waals surface area contributed by atoms with Crippen molar-refractivity contribution in [3.8, 4) is 11.6 Å². The van der Waals surface area contributed by atoms with Crippen LogP contribution in [-0.4, -0.2) is 16.5 Å². The Hall–Kier alpha value is -1.69. The lowest BCUT2D eigenvalue weighted by Gasteiger charge is -2.10. The molecule has 6 heteroatoms. The molecule has 0 aliphatic heterocycles. The van der Waals surface area contributed by atoms with Gasteiger partial charge in [0, 0.05) is 22.8 Å². The van der Waals surface area contributed by atoms with Gasteiger partial charge in [-0.2, -0.15) is 4.98 Å². The van der Waals surface area contributed by atoms with Crippen LogP contribution >= 0.6 is 15.9 Å². The number of nitrogens with one attached hydrogen (secondary N) is 1. The van der Waals surface area contributed by atoms with E-state index in [0.29, 0.717) is 16.3 Å². The number of halogens is 2. The van der Waals surface area contributed by atoms with Crippen molar-refractivity contribution in [1.82, 2.24) is 9.97 Å². The monoisotopic (exact) mass is 339 g/mol. The van der Waals surface area contributed by atoms with E-state index in [1.165, 1.54) is 6.07 Å². The second-order valence-corrected chi connectivity index (χ2v) is 5.20. The van der Waals surface area contributed by atoms with Crippen molar-refractivity contribution in [3.05, 3.63) is 40.2 Å². The summed E-state index contributed by atoms with van der Waals surface area (Å²) in [5.74, 6) is 0.515. The highest BCUT2D eigenvalue weighted by molar-refractivity contribution is 9.10. The molecule has 0 amide bonds. The molecule has 1 N–H and O–H groups in total. The van der Waals surface area contributed by atoms with Crippen molar-refractivity contribution < 1.29 is 9.13 Å². The number of nitrogens with zero attached hydrogens (tertiary/aromatic N) is 2. The summed E-state index contributed by atoms with van der Waals surface area (Å²) >= 11 is 3.21. The van der Waals surface area contributed by atoms with Gasteiger partial charge in [-0.25, -0.2) is 9.37 Å². The van der Waals surface area contributed by atoms with Gasteiger partial charge in [0.15, 0.2) is 11.6 Å². The molecule has 0 unspecified atom stereocenters.